The van der Waals surface area contributed by atoms with Gasteiger partial charge in [0.05, 0.1) is 37.8 Å². The smallest absolute Gasteiger partial charge is 0.276 e. The lowest BCUT2D eigenvalue weighted by atomic mass is 10.0. The molecule has 2 atom stereocenters. The number of phenolic OH excluding ortho intramolecular Hbond substituents is 1. The number of aryl methyl sites for hydroxylation is 1. The van der Waals surface area contributed by atoms with Crippen LogP contribution in [0.1, 0.15) is 50.4 Å². The normalized spacial score (nSPS) is 16.6. The van der Waals surface area contributed by atoms with Crippen LogP contribution >= 0.6 is 34.8 Å². The highest BCUT2D eigenvalue weighted by Crippen LogP contribution is 2.46. The summed E-state index contributed by atoms with van der Waals surface area (Å²) >= 11 is 19.3. The second-order valence-corrected chi connectivity index (χ2v) is 12.9. The zero-order valence-electron chi connectivity index (χ0n) is 26.0. The lowest BCUT2D eigenvalue weighted by Gasteiger charge is -2.45. The lowest BCUT2D eigenvalue weighted by Crippen LogP contribution is -2.58. The Hall–Kier alpha value is -4.24. The standard InChI is InChI=1S/C33H29Cl3F2N6O3/c1-7-21(45)43-16(5)12-42(13-17(43)6)30-18-10-20(34)28(22-23(35)25(37)26(38)31(46)24(22)36)41-32(18)44(33(47)19(30)11-39)29-15(4)8-9-40-27(29)14(2)3/h7-10,14,16-17,46H,1,12-13H2,2-6H3/t16-,17+. The Labute approximate surface area is 284 Å². The van der Waals surface area contributed by atoms with Gasteiger partial charge in [0, 0.05) is 42.3 Å². The van der Waals surface area contributed by atoms with E-state index in [1.165, 1.54) is 16.7 Å². The summed E-state index contributed by atoms with van der Waals surface area (Å²) in [6.45, 7) is 13.3. The number of benzene rings is 1. The zero-order valence-corrected chi connectivity index (χ0v) is 28.3. The van der Waals surface area contributed by atoms with E-state index in [0.29, 0.717) is 16.9 Å². The first-order valence-electron chi connectivity index (χ1n) is 14.6. The Morgan fingerprint density at radius 3 is 2.36 bits per heavy atom. The van der Waals surface area contributed by atoms with Gasteiger partial charge in [0.15, 0.2) is 11.6 Å². The molecule has 4 heterocycles. The summed E-state index contributed by atoms with van der Waals surface area (Å²) in [6, 6.07) is 4.54. The van der Waals surface area contributed by atoms with Gasteiger partial charge in [-0.1, -0.05) is 55.2 Å². The summed E-state index contributed by atoms with van der Waals surface area (Å²) in [7, 11) is 0. The molecule has 1 N–H and O–H groups in total. The van der Waals surface area contributed by atoms with Crippen molar-refractivity contribution in [3.63, 3.8) is 0 Å². The van der Waals surface area contributed by atoms with E-state index in [1.54, 1.807) is 24.1 Å². The van der Waals surface area contributed by atoms with Gasteiger partial charge in [0.25, 0.3) is 5.56 Å². The molecule has 0 bridgehead atoms. The molecule has 244 valence electrons. The third-order valence-corrected chi connectivity index (χ3v) is 9.27. The largest absolute Gasteiger partial charge is 0.504 e. The quantitative estimate of drug-likeness (QED) is 0.132. The van der Waals surface area contributed by atoms with Crippen molar-refractivity contribution in [2.45, 2.75) is 52.6 Å². The van der Waals surface area contributed by atoms with Crippen molar-refractivity contribution < 1.29 is 18.7 Å². The number of hydrogen-bond donors (Lipinski definition) is 1. The number of phenols is 1. The molecule has 14 heteroatoms. The Bertz CT molecular complexity index is 2050. The maximum absolute atomic E-state index is 14.8. The Morgan fingerprint density at radius 1 is 1.15 bits per heavy atom. The van der Waals surface area contributed by atoms with E-state index in [-0.39, 0.29) is 70.0 Å². The number of pyridine rings is 3. The van der Waals surface area contributed by atoms with Crippen LogP contribution in [0.15, 0.2) is 35.8 Å². The minimum absolute atomic E-state index is 0.0114. The fraction of sp³-hybridized carbons (Fsp3) is 0.303. The maximum atomic E-state index is 14.8. The van der Waals surface area contributed by atoms with Crippen molar-refractivity contribution in [3.05, 3.63) is 84.9 Å². The molecule has 1 aliphatic rings. The molecule has 1 amide bonds. The van der Waals surface area contributed by atoms with Crippen LogP contribution in [0, 0.1) is 29.9 Å². The van der Waals surface area contributed by atoms with Crippen molar-refractivity contribution in [2.75, 3.05) is 18.0 Å². The van der Waals surface area contributed by atoms with Crippen molar-refractivity contribution in [3.8, 4) is 28.8 Å². The minimum atomic E-state index is -1.65. The van der Waals surface area contributed by atoms with Gasteiger partial charge in [0.1, 0.15) is 17.3 Å². The molecule has 0 aliphatic carbocycles. The van der Waals surface area contributed by atoms with Gasteiger partial charge in [-0.2, -0.15) is 9.65 Å². The van der Waals surface area contributed by atoms with Crippen LogP contribution in [0.4, 0.5) is 14.5 Å². The summed E-state index contributed by atoms with van der Waals surface area (Å²) in [6.07, 6.45) is 2.84. The number of fused-ring (bicyclic) bond motifs is 1. The van der Waals surface area contributed by atoms with E-state index in [9.17, 15) is 28.7 Å². The third kappa shape index (κ3) is 5.48. The average Bonchev–Trinajstić information content (AvgIpc) is 3.02. The molecule has 1 aliphatic heterocycles. The monoisotopic (exact) mass is 700 g/mol. The first kappa shape index (κ1) is 34.1. The number of piperazine rings is 1. The maximum Gasteiger partial charge on any atom is 0.276 e. The van der Waals surface area contributed by atoms with Crippen LogP contribution in [-0.4, -0.2) is 55.6 Å². The van der Waals surface area contributed by atoms with E-state index in [2.05, 4.69) is 17.6 Å². The molecule has 1 saturated heterocycles. The number of carbonyl (C=O) groups is 1. The molecular formula is C33H29Cl3F2N6O3. The van der Waals surface area contributed by atoms with Gasteiger partial charge in [-0.05, 0) is 50.5 Å². The highest BCUT2D eigenvalue weighted by molar-refractivity contribution is 6.42. The van der Waals surface area contributed by atoms with Crippen LogP contribution in [-0.2, 0) is 4.79 Å². The number of rotatable bonds is 5. The molecule has 5 rings (SSSR count). The summed E-state index contributed by atoms with van der Waals surface area (Å²) in [4.78, 5) is 39.9. The fourth-order valence-electron chi connectivity index (χ4n) is 6.24. The van der Waals surface area contributed by atoms with Gasteiger partial charge < -0.3 is 14.9 Å². The van der Waals surface area contributed by atoms with Gasteiger partial charge in [-0.25, -0.2) is 9.37 Å². The number of carbonyl (C=O) groups excluding carboxylic acids is 1. The summed E-state index contributed by atoms with van der Waals surface area (Å²) in [5.74, 6) is -4.84. The summed E-state index contributed by atoms with van der Waals surface area (Å²) in [5.41, 5.74) is 0.195. The summed E-state index contributed by atoms with van der Waals surface area (Å²) < 4.78 is 30.4. The second-order valence-electron chi connectivity index (χ2n) is 11.7. The molecule has 0 spiro atoms. The fourth-order valence-corrected chi connectivity index (χ4v) is 7.07. The molecule has 1 aromatic carbocycles. The minimum Gasteiger partial charge on any atom is -0.504 e. The third-order valence-electron chi connectivity index (χ3n) is 8.25. The van der Waals surface area contributed by atoms with E-state index >= 15 is 0 Å². The van der Waals surface area contributed by atoms with Crippen LogP contribution in [0.25, 0.3) is 28.0 Å². The van der Waals surface area contributed by atoms with E-state index < -0.39 is 38.6 Å². The first-order valence-corrected chi connectivity index (χ1v) is 15.7. The molecule has 4 aromatic rings. The second kappa shape index (κ2) is 12.8. The molecule has 0 saturated carbocycles. The summed E-state index contributed by atoms with van der Waals surface area (Å²) in [5, 5.41) is 19.5. The molecule has 47 heavy (non-hydrogen) atoms. The predicted octanol–water partition coefficient (Wildman–Crippen LogP) is 7.31. The SMILES string of the molecule is C=CC(=O)N1[C@H](C)CN(c2c(C#N)c(=O)n(-c3c(C)ccnc3C(C)C)c3nc(-c4c(Cl)c(O)c(F)c(F)c4Cl)c(Cl)cc23)C[C@@H]1C. The first-order chi connectivity index (χ1) is 22.2. The van der Waals surface area contributed by atoms with Crippen molar-refractivity contribution >= 4 is 57.4 Å². The van der Waals surface area contributed by atoms with Gasteiger partial charge >= 0.3 is 0 Å². The number of aromatic nitrogens is 3. The van der Waals surface area contributed by atoms with Gasteiger partial charge in [0.2, 0.25) is 11.7 Å². The van der Waals surface area contributed by atoms with Crippen molar-refractivity contribution in [2.24, 2.45) is 0 Å². The molecule has 3 aromatic heterocycles. The molecule has 0 radical (unpaired) electrons. The average molecular weight is 702 g/mol. The van der Waals surface area contributed by atoms with Crippen molar-refractivity contribution in [1.29, 1.82) is 5.26 Å². The molecule has 1 fully saturated rings. The van der Waals surface area contributed by atoms with Crippen LogP contribution < -0.4 is 10.5 Å². The number of amides is 1. The number of aromatic hydroxyl groups is 1. The molecular weight excluding hydrogens is 673 g/mol. The number of halogens is 5. The highest BCUT2D eigenvalue weighted by atomic mass is 35.5. The highest BCUT2D eigenvalue weighted by Gasteiger charge is 2.36. The van der Waals surface area contributed by atoms with Crippen LogP contribution in [0.2, 0.25) is 15.1 Å². The van der Waals surface area contributed by atoms with E-state index in [0.717, 1.165) is 0 Å². The van der Waals surface area contributed by atoms with Crippen LogP contribution in [0.5, 0.6) is 5.75 Å². The Balaban J connectivity index is 1.95. The van der Waals surface area contributed by atoms with E-state index in [1.807, 2.05) is 32.6 Å². The Morgan fingerprint density at radius 2 is 1.79 bits per heavy atom. The topological polar surface area (TPSA) is 115 Å². The number of nitrogens with zero attached hydrogens (tertiary/aromatic N) is 6. The van der Waals surface area contributed by atoms with Crippen molar-refractivity contribution in [1.82, 2.24) is 19.4 Å². The predicted molar refractivity (Wildman–Crippen MR) is 179 cm³/mol. The molecule has 9 nitrogen and oxygen atoms in total. The zero-order chi connectivity index (χ0) is 34.6. The molecule has 0 unspecified atom stereocenters. The van der Waals surface area contributed by atoms with Gasteiger partial charge in [-0.15, -0.1) is 0 Å². The van der Waals surface area contributed by atoms with E-state index in [4.69, 9.17) is 39.8 Å². The lowest BCUT2D eigenvalue weighted by molar-refractivity contribution is -0.130. The number of anilines is 1. The Kier molecular flexibility index (Phi) is 9.25. The number of nitriles is 1. The number of hydrogen-bond acceptors (Lipinski definition) is 7. The van der Waals surface area contributed by atoms with Gasteiger partial charge in [-0.3, -0.25) is 19.1 Å². The van der Waals surface area contributed by atoms with Crippen LogP contribution in [0.3, 0.4) is 0 Å².